The minimum absolute atomic E-state index is 0.0139. The normalized spacial score (nSPS) is 11.0. The molecule has 0 aliphatic rings. The average molecular weight is 342 g/mol. The molecule has 1 aromatic carbocycles. The number of hydrogen-bond donors (Lipinski definition) is 1. The van der Waals surface area contributed by atoms with Gasteiger partial charge in [0.2, 0.25) is 5.82 Å². The van der Waals surface area contributed by atoms with E-state index in [-0.39, 0.29) is 12.5 Å². The number of amides is 1. The molecule has 0 fully saturated rings. The van der Waals surface area contributed by atoms with Crippen molar-refractivity contribution >= 4 is 11.6 Å². The molecule has 2 rings (SSSR count). The highest BCUT2D eigenvalue weighted by atomic mass is 16.2. The number of carbonyl (C=O) groups excluding carboxylic acids is 1. The Morgan fingerprint density at radius 2 is 1.76 bits per heavy atom. The van der Waals surface area contributed by atoms with Gasteiger partial charge < -0.3 is 0 Å². The zero-order chi connectivity index (χ0) is 18.2. The van der Waals surface area contributed by atoms with E-state index in [9.17, 15) is 4.79 Å². The van der Waals surface area contributed by atoms with Crippen LogP contribution in [0.5, 0.6) is 0 Å². The third kappa shape index (κ3) is 6.45. The first-order valence-electron chi connectivity index (χ1n) is 8.61. The fraction of sp³-hybridized carbons (Fsp3) is 0.500. The Bertz CT molecular complexity index is 693. The van der Waals surface area contributed by atoms with Gasteiger partial charge >= 0.3 is 0 Å². The summed E-state index contributed by atoms with van der Waals surface area (Å²) in [6.45, 7) is 8.55. The SMILES string of the molecule is CC(C)CC(CC(C)C)=NNC(=O)Cn1nnc(-c2ccccc2)n1. The van der Waals surface area contributed by atoms with Crippen LogP contribution in [0.1, 0.15) is 40.5 Å². The molecular formula is C18H26N6O. The van der Waals surface area contributed by atoms with Crippen LogP contribution in [0.15, 0.2) is 35.4 Å². The van der Waals surface area contributed by atoms with E-state index in [1.165, 1.54) is 4.80 Å². The van der Waals surface area contributed by atoms with Gasteiger partial charge in [-0.1, -0.05) is 58.0 Å². The van der Waals surface area contributed by atoms with Crippen LogP contribution < -0.4 is 5.43 Å². The first-order chi connectivity index (χ1) is 11.9. The highest BCUT2D eigenvalue weighted by Crippen LogP contribution is 2.12. The molecule has 7 heteroatoms. The van der Waals surface area contributed by atoms with Gasteiger partial charge in [-0.05, 0) is 29.9 Å². The lowest BCUT2D eigenvalue weighted by Gasteiger charge is -2.11. The molecule has 1 N–H and O–H groups in total. The van der Waals surface area contributed by atoms with Gasteiger partial charge in [-0.2, -0.15) is 9.90 Å². The van der Waals surface area contributed by atoms with Gasteiger partial charge in [0.1, 0.15) is 6.54 Å². The quantitative estimate of drug-likeness (QED) is 0.590. The first kappa shape index (κ1) is 18.8. The van der Waals surface area contributed by atoms with E-state index in [0.29, 0.717) is 17.7 Å². The second kappa shape index (κ2) is 9.05. The van der Waals surface area contributed by atoms with E-state index >= 15 is 0 Å². The van der Waals surface area contributed by atoms with Crippen molar-refractivity contribution in [3.63, 3.8) is 0 Å². The average Bonchev–Trinajstić information content (AvgIpc) is 3.01. The number of nitrogens with one attached hydrogen (secondary N) is 1. The monoisotopic (exact) mass is 342 g/mol. The topological polar surface area (TPSA) is 85.1 Å². The predicted octanol–water partition coefficient (Wildman–Crippen LogP) is 2.90. The van der Waals surface area contributed by atoms with Gasteiger partial charge in [-0.25, -0.2) is 5.43 Å². The van der Waals surface area contributed by atoms with Crippen LogP contribution in [0.2, 0.25) is 0 Å². The van der Waals surface area contributed by atoms with Gasteiger partial charge in [0, 0.05) is 11.3 Å². The lowest BCUT2D eigenvalue weighted by atomic mass is 9.99. The molecule has 0 saturated heterocycles. The van der Waals surface area contributed by atoms with Gasteiger partial charge in [0.05, 0.1) is 0 Å². The van der Waals surface area contributed by atoms with E-state index in [0.717, 1.165) is 24.1 Å². The minimum Gasteiger partial charge on any atom is -0.271 e. The summed E-state index contributed by atoms with van der Waals surface area (Å²) in [5.74, 6) is 1.24. The van der Waals surface area contributed by atoms with Gasteiger partial charge in [-0.15, -0.1) is 10.2 Å². The standard InChI is InChI=1S/C18H26N6O/c1-13(2)10-16(11-14(3)4)19-20-17(25)12-24-22-18(21-23-24)15-8-6-5-7-9-15/h5-9,13-14H,10-12H2,1-4H3,(H,20,25). The van der Waals surface area contributed by atoms with Crippen LogP contribution in [0, 0.1) is 11.8 Å². The van der Waals surface area contributed by atoms with Crippen molar-refractivity contribution in [1.82, 2.24) is 25.6 Å². The molecular weight excluding hydrogens is 316 g/mol. The maximum atomic E-state index is 12.1. The zero-order valence-electron chi connectivity index (χ0n) is 15.3. The summed E-state index contributed by atoms with van der Waals surface area (Å²) in [7, 11) is 0. The van der Waals surface area contributed by atoms with Crippen molar-refractivity contribution in [2.75, 3.05) is 0 Å². The van der Waals surface area contributed by atoms with Crippen molar-refractivity contribution in [3.8, 4) is 11.4 Å². The number of hydrazone groups is 1. The molecule has 0 atom stereocenters. The lowest BCUT2D eigenvalue weighted by Crippen LogP contribution is -2.26. The number of carbonyl (C=O) groups is 1. The molecule has 0 aliphatic carbocycles. The summed E-state index contributed by atoms with van der Waals surface area (Å²) >= 11 is 0. The Hall–Kier alpha value is -2.57. The van der Waals surface area contributed by atoms with E-state index in [1.54, 1.807) is 0 Å². The molecule has 1 heterocycles. The van der Waals surface area contributed by atoms with Crippen molar-refractivity contribution in [1.29, 1.82) is 0 Å². The molecule has 0 spiro atoms. The van der Waals surface area contributed by atoms with Crippen molar-refractivity contribution < 1.29 is 4.79 Å². The summed E-state index contributed by atoms with van der Waals surface area (Å²) in [5.41, 5.74) is 4.48. The Morgan fingerprint density at radius 3 is 2.36 bits per heavy atom. The van der Waals surface area contributed by atoms with E-state index in [2.05, 4.69) is 53.6 Å². The summed E-state index contributed by atoms with van der Waals surface area (Å²) in [5, 5.41) is 16.4. The highest BCUT2D eigenvalue weighted by Gasteiger charge is 2.10. The van der Waals surface area contributed by atoms with Gasteiger partial charge in [0.15, 0.2) is 0 Å². The number of tetrazole rings is 1. The number of benzene rings is 1. The van der Waals surface area contributed by atoms with Crippen molar-refractivity contribution in [3.05, 3.63) is 30.3 Å². The Labute approximate surface area is 148 Å². The Morgan fingerprint density at radius 1 is 1.12 bits per heavy atom. The molecule has 0 radical (unpaired) electrons. The highest BCUT2D eigenvalue weighted by molar-refractivity contribution is 5.86. The Kier molecular flexibility index (Phi) is 6.80. The summed E-state index contributed by atoms with van der Waals surface area (Å²) in [6.07, 6.45) is 1.75. The molecule has 2 aromatic rings. The zero-order valence-corrected chi connectivity index (χ0v) is 15.3. The van der Waals surface area contributed by atoms with Gasteiger partial charge in [0.25, 0.3) is 5.91 Å². The second-order valence-electron chi connectivity index (χ2n) is 6.92. The summed E-state index contributed by atoms with van der Waals surface area (Å²) in [4.78, 5) is 13.4. The fourth-order valence-corrected chi connectivity index (χ4v) is 2.44. The van der Waals surface area contributed by atoms with E-state index in [4.69, 9.17) is 0 Å². The van der Waals surface area contributed by atoms with E-state index < -0.39 is 0 Å². The molecule has 0 saturated carbocycles. The minimum atomic E-state index is -0.262. The maximum Gasteiger partial charge on any atom is 0.263 e. The smallest absolute Gasteiger partial charge is 0.263 e. The Balaban J connectivity index is 1.95. The summed E-state index contributed by atoms with van der Waals surface area (Å²) < 4.78 is 0. The van der Waals surface area contributed by atoms with Crippen LogP contribution in [0.4, 0.5) is 0 Å². The molecule has 0 unspecified atom stereocenters. The van der Waals surface area contributed by atoms with Crippen LogP contribution in [0.25, 0.3) is 11.4 Å². The lowest BCUT2D eigenvalue weighted by molar-refractivity contribution is -0.122. The molecule has 7 nitrogen and oxygen atoms in total. The predicted molar refractivity (Wildman–Crippen MR) is 97.7 cm³/mol. The van der Waals surface area contributed by atoms with Crippen molar-refractivity contribution in [2.24, 2.45) is 16.9 Å². The number of rotatable bonds is 8. The number of aromatic nitrogens is 4. The first-order valence-corrected chi connectivity index (χ1v) is 8.61. The van der Waals surface area contributed by atoms with Crippen LogP contribution in [-0.4, -0.2) is 31.8 Å². The van der Waals surface area contributed by atoms with Crippen molar-refractivity contribution in [2.45, 2.75) is 47.1 Å². The van der Waals surface area contributed by atoms with Crippen LogP contribution in [-0.2, 0) is 11.3 Å². The summed E-state index contributed by atoms with van der Waals surface area (Å²) in [6, 6.07) is 9.53. The van der Waals surface area contributed by atoms with E-state index in [1.807, 2.05) is 30.3 Å². The molecule has 0 aliphatic heterocycles. The third-order valence-corrected chi connectivity index (χ3v) is 3.40. The third-order valence-electron chi connectivity index (χ3n) is 3.40. The molecule has 1 aromatic heterocycles. The molecule has 134 valence electrons. The number of hydrogen-bond acceptors (Lipinski definition) is 5. The molecule has 25 heavy (non-hydrogen) atoms. The second-order valence-corrected chi connectivity index (χ2v) is 6.92. The van der Waals surface area contributed by atoms with Gasteiger partial charge in [-0.3, -0.25) is 4.79 Å². The molecule has 0 bridgehead atoms. The van der Waals surface area contributed by atoms with Crippen LogP contribution >= 0.6 is 0 Å². The maximum absolute atomic E-state index is 12.1. The van der Waals surface area contributed by atoms with Crippen LogP contribution in [0.3, 0.4) is 0 Å². The fourth-order valence-electron chi connectivity index (χ4n) is 2.44. The number of nitrogens with zero attached hydrogens (tertiary/aromatic N) is 5. The largest absolute Gasteiger partial charge is 0.271 e. The molecule has 1 amide bonds.